The van der Waals surface area contributed by atoms with Gasteiger partial charge < -0.3 is 24.4 Å². The number of rotatable bonds is 10. The van der Waals surface area contributed by atoms with E-state index in [-0.39, 0.29) is 18.6 Å². The lowest BCUT2D eigenvalue weighted by Gasteiger charge is -2.53. The lowest BCUT2D eigenvalue weighted by Crippen LogP contribution is -2.66. The maximum absolute atomic E-state index is 13.8. The third-order valence-electron chi connectivity index (χ3n) is 12.3. The molecule has 4 aliphatic carbocycles. The first-order chi connectivity index (χ1) is 26.7. The van der Waals surface area contributed by atoms with Gasteiger partial charge in [0, 0.05) is 53.7 Å². The Bertz CT molecular complexity index is 2170. The van der Waals surface area contributed by atoms with Gasteiger partial charge in [0.1, 0.15) is 18.3 Å². The molecule has 3 aromatic carbocycles. The zero-order valence-corrected chi connectivity index (χ0v) is 31.8. The van der Waals surface area contributed by atoms with Gasteiger partial charge in [0.05, 0.1) is 5.60 Å². The lowest BCUT2D eigenvalue weighted by molar-refractivity contribution is -0.225. The van der Waals surface area contributed by atoms with Crippen molar-refractivity contribution < 1.29 is 43.6 Å². The number of ketones is 1. The number of aliphatic hydroxyl groups is 2. The number of benzene rings is 3. The molecule has 2 saturated carbocycles. The van der Waals surface area contributed by atoms with E-state index in [9.17, 15) is 29.4 Å². The molecule has 0 unspecified atom stereocenters. The van der Waals surface area contributed by atoms with Gasteiger partial charge in [0.25, 0.3) is 0 Å². The van der Waals surface area contributed by atoms with Crippen LogP contribution in [0.15, 0.2) is 133 Å². The molecule has 0 bridgehead atoms. The molecule has 9 nitrogen and oxygen atoms in total. The van der Waals surface area contributed by atoms with Crippen molar-refractivity contribution >= 4 is 41.9 Å². The zero-order chi connectivity index (χ0) is 39.9. The average molecular weight is 755 g/mol. The fourth-order valence-electron chi connectivity index (χ4n) is 9.58. The minimum Gasteiger partial charge on any atom is -0.458 e. The molecular weight excluding hydrogens is 709 g/mol. The van der Waals surface area contributed by atoms with Gasteiger partial charge in [-0.3, -0.25) is 4.79 Å². The fraction of sp³-hybridized carbons (Fsp3) is 0.319. The molecule has 7 rings (SSSR count). The van der Waals surface area contributed by atoms with Crippen LogP contribution < -0.4 is 0 Å². The van der Waals surface area contributed by atoms with Crippen LogP contribution in [-0.4, -0.2) is 63.4 Å². The van der Waals surface area contributed by atoms with E-state index in [0.717, 1.165) is 16.7 Å². The average Bonchev–Trinajstić information content (AvgIpc) is 3.62. The van der Waals surface area contributed by atoms with Gasteiger partial charge in [0.15, 0.2) is 11.4 Å². The van der Waals surface area contributed by atoms with Gasteiger partial charge in [0.2, 0.25) is 0 Å². The second-order valence-corrected chi connectivity index (χ2v) is 15.9. The summed E-state index contributed by atoms with van der Waals surface area (Å²) in [5.41, 5.74) is -3.23. The van der Waals surface area contributed by atoms with Crippen molar-refractivity contribution in [2.24, 2.45) is 29.1 Å². The lowest BCUT2D eigenvalue weighted by atomic mass is 9.59. The molecular formula is C47H46O9. The molecule has 2 fully saturated rings. The second-order valence-electron chi connectivity index (χ2n) is 15.9. The first-order valence-corrected chi connectivity index (χ1v) is 18.9. The zero-order valence-electron chi connectivity index (χ0n) is 31.8. The summed E-state index contributed by atoms with van der Waals surface area (Å²) in [5.74, 6) is -6.16. The topological polar surface area (TPSA) is 136 Å². The van der Waals surface area contributed by atoms with Gasteiger partial charge in [-0.05, 0) is 53.0 Å². The van der Waals surface area contributed by atoms with Crippen molar-refractivity contribution in [2.75, 3.05) is 6.61 Å². The molecule has 0 amide bonds. The van der Waals surface area contributed by atoms with Crippen LogP contribution in [0.4, 0.5) is 0 Å². The molecule has 8 atom stereocenters. The van der Waals surface area contributed by atoms with E-state index < -0.39 is 75.7 Å². The van der Waals surface area contributed by atoms with Crippen LogP contribution in [0.3, 0.4) is 0 Å². The van der Waals surface area contributed by atoms with Crippen LogP contribution in [0.1, 0.15) is 50.8 Å². The highest BCUT2D eigenvalue weighted by atomic mass is 16.6. The standard InChI is InChI=1S/C47H46O9/c1-30-26-37-45(52,42(30)51)28-35(29-54-38(48)23-20-32-14-8-5-9-15-32)27-36-41-44(3,4)47(41,56-40(50)25-22-34-18-12-7-13-19-34)43(31(2)46(36,37)53)55-39(49)24-21-33-16-10-6-11-17-33/h5-27,31,36-37,41,43,52-53H,28-29H2,1-4H3/b23-20-,24-21-,25-22-/t31-,36+,37-,41-,43-,45-,46-,47-/m1/s1. The minimum absolute atomic E-state index is 0.213. The quantitative estimate of drug-likeness (QED) is 0.100. The minimum atomic E-state index is -2.09. The fourth-order valence-corrected chi connectivity index (χ4v) is 9.58. The van der Waals surface area contributed by atoms with E-state index in [1.165, 1.54) is 18.2 Å². The van der Waals surface area contributed by atoms with Gasteiger partial charge in [-0.2, -0.15) is 0 Å². The van der Waals surface area contributed by atoms with Crippen LogP contribution in [0.2, 0.25) is 0 Å². The monoisotopic (exact) mass is 754 g/mol. The maximum Gasteiger partial charge on any atom is 0.331 e. The SMILES string of the molecule is CC1=C[C@H]2[C@@]3(O)[C@H](C)[C@@H](OC(=O)/C=C\c4ccccc4)[C@]4(OC(=O)/C=C\c5ccccc5)[C@H]([C@@H]3C=C(COC(=O)/C=C\c3ccccc3)C[C@]2(O)C1=O)C4(C)C. The predicted molar refractivity (Wildman–Crippen MR) is 211 cm³/mol. The number of carbonyl (C=O) groups excluding carboxylic acids is 4. The highest BCUT2D eigenvalue weighted by Gasteiger charge is 2.88. The number of hydrogen-bond acceptors (Lipinski definition) is 9. The Kier molecular flexibility index (Phi) is 10.2. The first kappa shape index (κ1) is 38.6. The summed E-state index contributed by atoms with van der Waals surface area (Å²) >= 11 is 0. The number of carbonyl (C=O) groups is 4. The van der Waals surface area contributed by atoms with Crippen molar-refractivity contribution in [3.8, 4) is 0 Å². The summed E-state index contributed by atoms with van der Waals surface area (Å²) in [6.45, 7) is 6.82. The molecule has 56 heavy (non-hydrogen) atoms. The summed E-state index contributed by atoms with van der Waals surface area (Å²) in [4.78, 5) is 54.2. The first-order valence-electron chi connectivity index (χ1n) is 18.9. The molecule has 288 valence electrons. The van der Waals surface area contributed by atoms with Crippen LogP contribution in [0, 0.1) is 29.1 Å². The Morgan fingerprint density at radius 3 is 1.79 bits per heavy atom. The van der Waals surface area contributed by atoms with Gasteiger partial charge in [-0.1, -0.05) is 124 Å². The largest absolute Gasteiger partial charge is 0.458 e. The normalized spacial score (nSPS) is 31.5. The summed E-state index contributed by atoms with van der Waals surface area (Å²) < 4.78 is 18.4. The van der Waals surface area contributed by atoms with E-state index >= 15 is 0 Å². The molecule has 0 aromatic heterocycles. The van der Waals surface area contributed by atoms with Gasteiger partial charge in [-0.15, -0.1) is 0 Å². The smallest absolute Gasteiger partial charge is 0.331 e. The number of ether oxygens (including phenoxy) is 3. The summed E-state index contributed by atoms with van der Waals surface area (Å²) in [5, 5.41) is 25.6. The Morgan fingerprint density at radius 2 is 1.25 bits per heavy atom. The predicted octanol–water partition coefficient (Wildman–Crippen LogP) is 6.72. The van der Waals surface area contributed by atoms with Crippen LogP contribution in [0.25, 0.3) is 18.2 Å². The van der Waals surface area contributed by atoms with E-state index in [2.05, 4.69) is 0 Å². The Labute approximate surface area is 326 Å². The summed E-state index contributed by atoms with van der Waals surface area (Å²) in [7, 11) is 0. The number of esters is 3. The highest BCUT2D eigenvalue weighted by molar-refractivity contribution is 6.05. The molecule has 0 saturated heterocycles. The van der Waals surface area contributed by atoms with Crippen molar-refractivity contribution in [1.29, 1.82) is 0 Å². The van der Waals surface area contributed by atoms with E-state index in [4.69, 9.17) is 14.2 Å². The second kappa shape index (κ2) is 14.8. The Hall–Kier alpha value is -5.64. The van der Waals surface area contributed by atoms with Crippen LogP contribution in [-0.2, 0) is 33.4 Å². The Balaban J connectivity index is 1.28. The van der Waals surface area contributed by atoms with Crippen LogP contribution in [0.5, 0.6) is 0 Å². The van der Waals surface area contributed by atoms with Crippen LogP contribution >= 0.6 is 0 Å². The molecule has 0 heterocycles. The summed E-state index contributed by atoms with van der Waals surface area (Å²) in [6, 6.07) is 27.7. The van der Waals surface area contributed by atoms with E-state index in [1.807, 2.05) is 105 Å². The molecule has 0 aliphatic heterocycles. The Morgan fingerprint density at radius 1 is 0.750 bits per heavy atom. The number of hydrogen-bond donors (Lipinski definition) is 2. The van der Waals surface area contributed by atoms with Crippen molar-refractivity contribution in [3.05, 3.63) is 149 Å². The molecule has 4 aliphatic rings. The summed E-state index contributed by atoms with van der Waals surface area (Å²) in [6.07, 6.45) is 10.8. The van der Waals surface area contributed by atoms with E-state index in [1.54, 1.807) is 44.2 Å². The molecule has 3 aromatic rings. The number of fused-ring (bicyclic) bond motifs is 5. The molecule has 0 radical (unpaired) electrons. The molecule has 2 N–H and O–H groups in total. The van der Waals surface area contributed by atoms with E-state index in [0.29, 0.717) is 5.57 Å². The molecule has 9 heteroatoms. The maximum atomic E-state index is 13.8. The number of Topliss-reactive ketones (excluding diaryl/α,β-unsaturated/α-hetero) is 1. The van der Waals surface area contributed by atoms with Gasteiger partial charge >= 0.3 is 17.9 Å². The molecule has 0 spiro atoms. The highest BCUT2D eigenvalue weighted by Crippen LogP contribution is 2.77. The third-order valence-corrected chi connectivity index (χ3v) is 12.3. The van der Waals surface area contributed by atoms with Crippen molar-refractivity contribution in [3.63, 3.8) is 0 Å². The van der Waals surface area contributed by atoms with Crippen molar-refractivity contribution in [1.82, 2.24) is 0 Å². The third kappa shape index (κ3) is 6.69. The van der Waals surface area contributed by atoms with Gasteiger partial charge in [-0.25, -0.2) is 14.4 Å². The van der Waals surface area contributed by atoms with Crippen molar-refractivity contribution in [2.45, 2.75) is 57.0 Å².